The molecule has 2 saturated heterocycles. The van der Waals surface area contributed by atoms with E-state index >= 15 is 0 Å². The number of sulfonamides is 1. The largest absolute Gasteiger partial charge is 0.342 e. The third-order valence-corrected chi connectivity index (χ3v) is 8.26. The van der Waals surface area contributed by atoms with E-state index in [2.05, 4.69) is 0 Å². The highest BCUT2D eigenvalue weighted by Gasteiger charge is 2.37. The summed E-state index contributed by atoms with van der Waals surface area (Å²) in [6.07, 6.45) is 4.16. The molecule has 8 heteroatoms. The van der Waals surface area contributed by atoms with Gasteiger partial charge in [-0.25, -0.2) is 8.42 Å². The number of amides is 2. The van der Waals surface area contributed by atoms with Crippen molar-refractivity contribution in [2.24, 2.45) is 5.92 Å². The topological polar surface area (TPSA) is 78.0 Å². The zero-order chi connectivity index (χ0) is 20.8. The van der Waals surface area contributed by atoms with Crippen LogP contribution in [-0.2, 0) is 26.0 Å². The molecule has 2 fully saturated rings. The summed E-state index contributed by atoms with van der Waals surface area (Å²) >= 11 is 0. The molecule has 0 saturated carbocycles. The summed E-state index contributed by atoms with van der Waals surface area (Å²) in [6, 6.07) is 5.06. The Balaban J connectivity index is 1.55. The predicted octanol–water partition coefficient (Wildman–Crippen LogP) is 2.01. The summed E-state index contributed by atoms with van der Waals surface area (Å²) in [7, 11) is -3.67. The van der Waals surface area contributed by atoms with E-state index in [1.807, 2.05) is 11.8 Å². The number of piperidine rings is 1. The summed E-state index contributed by atoms with van der Waals surface area (Å²) < 4.78 is 28.1. The Bertz CT molecular complexity index is 924. The molecule has 1 aromatic rings. The number of nitrogens with zero attached hydrogens (tertiary/aromatic N) is 3. The molecule has 3 aliphatic rings. The maximum atomic E-state index is 13.3. The molecule has 2 atom stereocenters. The van der Waals surface area contributed by atoms with Crippen molar-refractivity contribution in [3.05, 3.63) is 23.8 Å². The summed E-state index contributed by atoms with van der Waals surface area (Å²) in [5.74, 6) is -0.187. The van der Waals surface area contributed by atoms with E-state index in [9.17, 15) is 18.0 Å². The molecule has 29 heavy (non-hydrogen) atoms. The van der Waals surface area contributed by atoms with E-state index in [0.29, 0.717) is 19.4 Å². The van der Waals surface area contributed by atoms with Crippen LogP contribution in [0.4, 0.5) is 5.69 Å². The van der Waals surface area contributed by atoms with E-state index in [-0.39, 0.29) is 35.2 Å². The monoisotopic (exact) mass is 419 g/mol. The first-order valence-electron chi connectivity index (χ1n) is 10.5. The smallest absolute Gasteiger partial charge is 0.243 e. The van der Waals surface area contributed by atoms with Crippen LogP contribution >= 0.6 is 0 Å². The molecule has 0 aliphatic carbocycles. The average molecular weight is 420 g/mol. The molecule has 0 aromatic heterocycles. The standard InChI is InChI=1S/C21H29N3O4S/c1-15-12-18-13-19(7-8-20(18)24(15)16(2)25)29(27,28)23-11-5-6-17(14-23)21(26)22-9-3-4-10-22/h7-8,13,15,17H,3-6,9-12,14H2,1-2H3/t15-,17-/m0/s1. The second kappa shape index (κ2) is 7.72. The third-order valence-electron chi connectivity index (χ3n) is 6.39. The van der Waals surface area contributed by atoms with Crippen LogP contribution in [0.2, 0.25) is 0 Å². The van der Waals surface area contributed by atoms with Crippen LogP contribution in [0.1, 0.15) is 45.1 Å². The summed E-state index contributed by atoms with van der Waals surface area (Å²) in [4.78, 5) is 28.5. The van der Waals surface area contributed by atoms with E-state index in [4.69, 9.17) is 0 Å². The zero-order valence-corrected chi connectivity index (χ0v) is 18.0. The van der Waals surface area contributed by atoms with Gasteiger partial charge >= 0.3 is 0 Å². The highest BCUT2D eigenvalue weighted by molar-refractivity contribution is 7.89. The third kappa shape index (κ3) is 3.68. The van der Waals surface area contributed by atoms with Crippen LogP contribution in [0, 0.1) is 5.92 Å². The first kappa shape index (κ1) is 20.3. The first-order chi connectivity index (χ1) is 13.8. The van der Waals surface area contributed by atoms with Gasteiger partial charge in [-0.05, 0) is 62.8 Å². The van der Waals surface area contributed by atoms with Crippen molar-refractivity contribution in [1.82, 2.24) is 9.21 Å². The number of carbonyl (C=O) groups is 2. The van der Waals surface area contributed by atoms with Crippen LogP contribution in [0.5, 0.6) is 0 Å². The minimum atomic E-state index is -3.67. The van der Waals surface area contributed by atoms with Gasteiger partial charge < -0.3 is 9.80 Å². The predicted molar refractivity (Wildman–Crippen MR) is 110 cm³/mol. The van der Waals surface area contributed by atoms with Gasteiger partial charge in [0.25, 0.3) is 0 Å². The molecule has 3 heterocycles. The fourth-order valence-corrected chi connectivity index (χ4v) is 6.53. The van der Waals surface area contributed by atoms with E-state index in [0.717, 1.165) is 43.6 Å². The number of hydrogen-bond donors (Lipinski definition) is 0. The second-order valence-corrected chi connectivity index (χ2v) is 10.4. The molecule has 4 rings (SSSR count). The Labute approximate surface area is 172 Å². The Morgan fingerprint density at radius 1 is 1.07 bits per heavy atom. The molecular weight excluding hydrogens is 390 g/mol. The van der Waals surface area contributed by atoms with E-state index < -0.39 is 10.0 Å². The highest BCUT2D eigenvalue weighted by atomic mass is 32.2. The lowest BCUT2D eigenvalue weighted by molar-refractivity contribution is -0.135. The summed E-state index contributed by atoms with van der Waals surface area (Å²) in [6.45, 7) is 5.77. The molecular formula is C21H29N3O4S. The van der Waals surface area contributed by atoms with Crippen molar-refractivity contribution in [2.45, 2.75) is 56.9 Å². The average Bonchev–Trinajstić information content (AvgIpc) is 3.33. The first-order valence-corrected chi connectivity index (χ1v) is 11.9. The van der Waals surface area contributed by atoms with Gasteiger partial charge in [0, 0.05) is 44.8 Å². The van der Waals surface area contributed by atoms with Gasteiger partial charge in [0.05, 0.1) is 10.8 Å². The molecule has 0 bridgehead atoms. The fraction of sp³-hybridized carbons (Fsp3) is 0.619. The highest BCUT2D eigenvalue weighted by Crippen LogP contribution is 2.35. The summed E-state index contributed by atoms with van der Waals surface area (Å²) in [5, 5.41) is 0. The molecule has 0 N–H and O–H groups in total. The minimum Gasteiger partial charge on any atom is -0.342 e. The fourth-order valence-electron chi connectivity index (χ4n) is 4.95. The van der Waals surface area contributed by atoms with Crippen molar-refractivity contribution in [3.63, 3.8) is 0 Å². The molecule has 3 aliphatic heterocycles. The Morgan fingerprint density at radius 2 is 1.79 bits per heavy atom. The van der Waals surface area contributed by atoms with Gasteiger partial charge in [-0.15, -0.1) is 0 Å². The zero-order valence-electron chi connectivity index (χ0n) is 17.1. The van der Waals surface area contributed by atoms with Crippen molar-refractivity contribution in [3.8, 4) is 0 Å². The number of likely N-dealkylation sites (tertiary alicyclic amines) is 1. The van der Waals surface area contributed by atoms with Crippen LogP contribution in [-0.4, -0.2) is 61.7 Å². The maximum Gasteiger partial charge on any atom is 0.243 e. The number of benzene rings is 1. The number of rotatable bonds is 3. The molecule has 7 nitrogen and oxygen atoms in total. The Kier molecular flexibility index (Phi) is 5.42. The molecule has 0 spiro atoms. The Morgan fingerprint density at radius 3 is 2.48 bits per heavy atom. The normalized spacial score (nSPS) is 25.3. The van der Waals surface area contributed by atoms with Gasteiger partial charge in [0.1, 0.15) is 0 Å². The number of hydrogen-bond acceptors (Lipinski definition) is 4. The summed E-state index contributed by atoms with van der Waals surface area (Å²) in [5.41, 5.74) is 1.68. The maximum absolute atomic E-state index is 13.3. The molecule has 1 aromatic carbocycles. The van der Waals surface area contributed by atoms with Crippen molar-refractivity contribution >= 4 is 27.5 Å². The van der Waals surface area contributed by atoms with Crippen LogP contribution in [0.15, 0.2) is 23.1 Å². The van der Waals surface area contributed by atoms with Gasteiger partial charge in [-0.3, -0.25) is 9.59 Å². The molecule has 0 unspecified atom stereocenters. The van der Waals surface area contributed by atoms with Gasteiger partial charge in [-0.1, -0.05) is 0 Å². The van der Waals surface area contributed by atoms with Gasteiger partial charge in [-0.2, -0.15) is 4.31 Å². The van der Waals surface area contributed by atoms with E-state index in [1.54, 1.807) is 23.1 Å². The second-order valence-electron chi connectivity index (χ2n) is 8.47. The number of fused-ring (bicyclic) bond motifs is 1. The van der Waals surface area contributed by atoms with Crippen molar-refractivity contribution < 1.29 is 18.0 Å². The minimum absolute atomic E-state index is 0.0258. The molecule has 158 valence electrons. The SMILES string of the molecule is CC(=O)N1c2ccc(S(=O)(=O)N3CCC[C@H](C(=O)N4CCCC4)C3)cc2C[C@@H]1C. The lowest BCUT2D eigenvalue weighted by Gasteiger charge is -2.33. The lowest BCUT2D eigenvalue weighted by atomic mass is 9.98. The quantitative estimate of drug-likeness (QED) is 0.751. The van der Waals surface area contributed by atoms with Gasteiger partial charge in [0.2, 0.25) is 21.8 Å². The van der Waals surface area contributed by atoms with Gasteiger partial charge in [0.15, 0.2) is 0 Å². The Hall–Kier alpha value is -1.93. The van der Waals surface area contributed by atoms with Crippen molar-refractivity contribution in [2.75, 3.05) is 31.1 Å². The van der Waals surface area contributed by atoms with E-state index in [1.165, 1.54) is 11.2 Å². The lowest BCUT2D eigenvalue weighted by Crippen LogP contribution is -2.46. The molecule has 0 radical (unpaired) electrons. The van der Waals surface area contributed by atoms with Crippen molar-refractivity contribution in [1.29, 1.82) is 0 Å². The number of anilines is 1. The van der Waals surface area contributed by atoms with Crippen LogP contribution in [0.3, 0.4) is 0 Å². The van der Waals surface area contributed by atoms with Crippen LogP contribution < -0.4 is 4.90 Å². The number of carbonyl (C=O) groups excluding carboxylic acids is 2. The molecule has 2 amide bonds. The van der Waals surface area contributed by atoms with Crippen LogP contribution in [0.25, 0.3) is 0 Å².